The Labute approximate surface area is 221 Å². The average molecular weight is 523 g/mol. The number of ether oxygens (including phenoxy) is 1. The third kappa shape index (κ3) is 4.04. The van der Waals surface area contributed by atoms with Gasteiger partial charge in [-0.2, -0.15) is 0 Å². The lowest BCUT2D eigenvalue weighted by atomic mass is 9.78. The van der Waals surface area contributed by atoms with E-state index in [-0.39, 0.29) is 42.3 Å². The van der Waals surface area contributed by atoms with Crippen LogP contribution in [-0.2, 0) is 25.5 Å². The average Bonchev–Trinajstić information content (AvgIpc) is 3.23. The molecule has 0 bridgehead atoms. The Morgan fingerprint density at radius 3 is 2.59 bits per heavy atom. The number of aliphatic hydroxyl groups excluding tert-OH is 1. The van der Waals surface area contributed by atoms with Crippen molar-refractivity contribution in [3.05, 3.63) is 60.2 Å². The van der Waals surface area contributed by atoms with Crippen LogP contribution in [0.25, 0.3) is 0 Å². The van der Waals surface area contributed by atoms with Crippen molar-refractivity contribution in [1.82, 2.24) is 9.80 Å². The third-order valence-corrected chi connectivity index (χ3v) is 10.6. The van der Waals surface area contributed by atoms with Crippen LogP contribution in [0.5, 0.6) is 0 Å². The number of esters is 1. The van der Waals surface area contributed by atoms with Gasteiger partial charge in [0.2, 0.25) is 11.8 Å². The first kappa shape index (κ1) is 24.7. The van der Waals surface area contributed by atoms with Gasteiger partial charge in [0.25, 0.3) is 0 Å². The van der Waals surface area contributed by atoms with E-state index in [1.807, 2.05) is 59.5 Å². The SMILES string of the molecule is O=C1OCC=C[C@H]2S[C@]34C=CCN(C5CCCCC5)C(=O)C3N([C@@H](CO)Cc3ccccc3)C(=O)[C@@H]4[C@@H]12. The number of thioether (sulfide) groups is 1. The Kier molecular flexibility index (Phi) is 6.65. The molecule has 196 valence electrons. The van der Waals surface area contributed by atoms with Crippen LogP contribution >= 0.6 is 11.8 Å². The first-order valence-electron chi connectivity index (χ1n) is 13.5. The number of hydrogen-bond acceptors (Lipinski definition) is 6. The number of likely N-dealkylation sites (tertiary alicyclic amines) is 1. The lowest BCUT2D eigenvalue weighted by Crippen LogP contribution is -2.58. The highest BCUT2D eigenvalue weighted by Crippen LogP contribution is 2.61. The number of rotatable bonds is 5. The lowest BCUT2D eigenvalue weighted by molar-refractivity contribution is -0.152. The van der Waals surface area contributed by atoms with Crippen molar-refractivity contribution in [2.75, 3.05) is 19.8 Å². The van der Waals surface area contributed by atoms with Gasteiger partial charge in [-0.15, -0.1) is 11.8 Å². The molecule has 1 unspecified atom stereocenters. The second-order valence-electron chi connectivity index (χ2n) is 10.9. The maximum atomic E-state index is 14.5. The first-order chi connectivity index (χ1) is 18.0. The van der Waals surface area contributed by atoms with Gasteiger partial charge >= 0.3 is 5.97 Å². The number of benzene rings is 1. The highest BCUT2D eigenvalue weighted by molar-refractivity contribution is 8.02. The maximum Gasteiger partial charge on any atom is 0.311 e. The summed E-state index contributed by atoms with van der Waals surface area (Å²) in [6.45, 7) is 0.448. The van der Waals surface area contributed by atoms with Crippen molar-refractivity contribution in [3.63, 3.8) is 0 Å². The smallest absolute Gasteiger partial charge is 0.311 e. The van der Waals surface area contributed by atoms with Crippen molar-refractivity contribution in [3.8, 4) is 0 Å². The first-order valence-corrected chi connectivity index (χ1v) is 14.4. The van der Waals surface area contributed by atoms with Crippen LogP contribution in [0.3, 0.4) is 0 Å². The summed E-state index contributed by atoms with van der Waals surface area (Å²) in [5.41, 5.74) is 0.989. The number of cyclic esters (lactones) is 1. The van der Waals surface area contributed by atoms with Crippen LogP contribution in [0.2, 0.25) is 0 Å². The Balaban J connectivity index is 1.44. The highest BCUT2D eigenvalue weighted by Gasteiger charge is 2.72. The molecular weight excluding hydrogens is 488 g/mol. The van der Waals surface area contributed by atoms with Gasteiger partial charge in [0, 0.05) is 17.8 Å². The molecule has 1 saturated carbocycles. The van der Waals surface area contributed by atoms with E-state index in [1.165, 1.54) is 6.42 Å². The minimum absolute atomic E-state index is 0.0550. The van der Waals surface area contributed by atoms with Gasteiger partial charge < -0.3 is 19.6 Å². The fraction of sp³-hybridized carbons (Fsp3) is 0.552. The summed E-state index contributed by atoms with van der Waals surface area (Å²) in [6.07, 6.45) is 13.6. The molecule has 5 aliphatic rings. The van der Waals surface area contributed by atoms with E-state index >= 15 is 0 Å². The standard InChI is InChI=1S/C29H34N2O5S/c32-18-21(17-19-9-3-1-4-10-19)31-25-27(34)30(20-11-5-2-6-12-20)15-8-14-29(25)24(26(31)33)23-22(37-29)13-7-16-36-28(23)35/h1,3-4,7-10,13-14,20-25,32H,2,5-6,11-12,15-18H2/t21-,22-,23+,24+,25?,29+/m1/s1. The van der Waals surface area contributed by atoms with Gasteiger partial charge in [-0.1, -0.05) is 73.9 Å². The van der Waals surface area contributed by atoms with E-state index in [1.54, 1.807) is 16.7 Å². The fourth-order valence-corrected chi connectivity index (χ4v) is 9.17. The summed E-state index contributed by atoms with van der Waals surface area (Å²) in [7, 11) is 0. The number of carbonyl (C=O) groups is 3. The number of hydrogen-bond donors (Lipinski definition) is 1. The van der Waals surface area contributed by atoms with E-state index < -0.39 is 28.7 Å². The van der Waals surface area contributed by atoms with Crippen LogP contribution in [-0.4, -0.2) is 80.6 Å². The molecule has 2 amide bonds. The molecule has 37 heavy (non-hydrogen) atoms. The molecule has 1 aliphatic carbocycles. The number of amides is 2. The van der Waals surface area contributed by atoms with E-state index in [9.17, 15) is 19.5 Å². The van der Waals surface area contributed by atoms with Crippen LogP contribution < -0.4 is 0 Å². The van der Waals surface area contributed by atoms with Crippen LogP contribution in [0.4, 0.5) is 0 Å². The molecule has 4 aliphatic heterocycles. The van der Waals surface area contributed by atoms with Crippen LogP contribution in [0.15, 0.2) is 54.6 Å². The number of carbonyl (C=O) groups excluding carboxylic acids is 3. The predicted molar refractivity (Wildman–Crippen MR) is 141 cm³/mol. The summed E-state index contributed by atoms with van der Waals surface area (Å²) in [4.78, 5) is 45.6. The molecule has 1 aromatic carbocycles. The summed E-state index contributed by atoms with van der Waals surface area (Å²) < 4.78 is 4.59. The summed E-state index contributed by atoms with van der Waals surface area (Å²) in [5, 5.41) is 10.3. The van der Waals surface area contributed by atoms with Gasteiger partial charge in [0.15, 0.2) is 0 Å². The highest BCUT2D eigenvalue weighted by atomic mass is 32.2. The molecule has 4 heterocycles. The zero-order chi connectivity index (χ0) is 25.6. The quantitative estimate of drug-likeness (QED) is 0.473. The van der Waals surface area contributed by atoms with E-state index in [0.717, 1.165) is 31.2 Å². The minimum atomic E-state index is -0.877. The Hall–Kier alpha value is -2.58. The van der Waals surface area contributed by atoms with Crippen LogP contribution in [0.1, 0.15) is 37.7 Å². The van der Waals surface area contributed by atoms with Crippen molar-refractivity contribution >= 4 is 29.5 Å². The second kappa shape index (κ2) is 9.95. The number of nitrogens with zero attached hydrogens (tertiary/aromatic N) is 2. The van der Waals surface area contributed by atoms with Gasteiger partial charge in [-0.25, -0.2) is 0 Å². The van der Waals surface area contributed by atoms with Crippen molar-refractivity contribution in [2.24, 2.45) is 11.8 Å². The molecule has 0 radical (unpaired) electrons. The Bertz CT molecular complexity index is 1120. The largest absolute Gasteiger partial charge is 0.461 e. The summed E-state index contributed by atoms with van der Waals surface area (Å²) in [6, 6.07) is 8.56. The molecule has 0 aromatic heterocycles. The molecule has 1 aromatic rings. The van der Waals surface area contributed by atoms with Gasteiger partial charge in [-0.05, 0) is 24.8 Å². The van der Waals surface area contributed by atoms with Gasteiger partial charge in [0.05, 0.1) is 29.2 Å². The predicted octanol–water partition coefficient (Wildman–Crippen LogP) is 2.73. The molecule has 3 fully saturated rings. The fourth-order valence-electron chi connectivity index (χ4n) is 7.18. The third-order valence-electron chi connectivity index (χ3n) is 8.82. The number of fused-ring (bicyclic) bond motifs is 2. The molecule has 8 heteroatoms. The molecular formula is C29H34N2O5S. The Morgan fingerprint density at radius 1 is 1.05 bits per heavy atom. The second-order valence-corrected chi connectivity index (χ2v) is 12.3. The van der Waals surface area contributed by atoms with Crippen molar-refractivity contribution in [2.45, 2.75) is 66.6 Å². The van der Waals surface area contributed by atoms with E-state index in [4.69, 9.17) is 4.74 Å². The molecule has 7 nitrogen and oxygen atoms in total. The topological polar surface area (TPSA) is 87.2 Å². The normalized spacial score (nSPS) is 34.5. The minimum Gasteiger partial charge on any atom is -0.461 e. The zero-order valence-electron chi connectivity index (χ0n) is 20.9. The Morgan fingerprint density at radius 2 is 1.84 bits per heavy atom. The van der Waals surface area contributed by atoms with Crippen molar-refractivity contribution < 1.29 is 24.2 Å². The summed E-state index contributed by atoms with van der Waals surface area (Å²) in [5.74, 6) is -2.02. The van der Waals surface area contributed by atoms with Crippen LogP contribution in [0, 0.1) is 11.8 Å². The zero-order valence-corrected chi connectivity index (χ0v) is 21.7. The number of aliphatic hydroxyl groups is 1. The van der Waals surface area contributed by atoms with Crippen molar-refractivity contribution in [1.29, 1.82) is 0 Å². The molecule has 6 atom stereocenters. The molecule has 1 spiro atoms. The maximum absolute atomic E-state index is 14.5. The van der Waals surface area contributed by atoms with E-state index in [2.05, 4.69) is 0 Å². The summed E-state index contributed by atoms with van der Waals surface area (Å²) >= 11 is 1.56. The molecule has 2 saturated heterocycles. The molecule has 6 rings (SSSR count). The lowest BCUT2D eigenvalue weighted by Gasteiger charge is -2.41. The van der Waals surface area contributed by atoms with Gasteiger partial charge in [0.1, 0.15) is 12.6 Å². The molecule has 1 N–H and O–H groups in total. The van der Waals surface area contributed by atoms with Gasteiger partial charge in [-0.3, -0.25) is 14.4 Å². The van der Waals surface area contributed by atoms with E-state index in [0.29, 0.717) is 13.0 Å². The monoisotopic (exact) mass is 522 g/mol.